The van der Waals surface area contributed by atoms with Gasteiger partial charge in [0.15, 0.2) is 0 Å². The molecule has 1 heterocycles. The summed E-state index contributed by atoms with van der Waals surface area (Å²) in [5, 5.41) is 4.59. The Morgan fingerprint density at radius 3 is 2.16 bits per heavy atom. The first kappa shape index (κ1) is 15.5. The van der Waals surface area contributed by atoms with Gasteiger partial charge in [-0.25, -0.2) is 4.79 Å². The van der Waals surface area contributed by atoms with E-state index in [2.05, 4.69) is 24.5 Å². The van der Waals surface area contributed by atoms with Crippen molar-refractivity contribution in [3.05, 3.63) is 0 Å². The first-order valence-electron chi connectivity index (χ1n) is 6.97. The molecule has 1 atom stereocenters. The van der Waals surface area contributed by atoms with Crippen LogP contribution < -0.4 is 10.6 Å². The van der Waals surface area contributed by atoms with E-state index in [0.29, 0.717) is 0 Å². The van der Waals surface area contributed by atoms with Crippen LogP contribution in [0.5, 0.6) is 0 Å². The molecule has 6 heteroatoms. The van der Waals surface area contributed by atoms with Crippen LogP contribution in [-0.2, 0) is 9.59 Å². The Kier molecular flexibility index (Phi) is 6.32. The van der Waals surface area contributed by atoms with Gasteiger partial charge in [0.25, 0.3) is 5.91 Å². The third-order valence-electron chi connectivity index (χ3n) is 3.15. The van der Waals surface area contributed by atoms with Crippen LogP contribution in [0.15, 0.2) is 0 Å². The number of nitrogens with one attached hydrogen (secondary N) is 2. The molecule has 0 radical (unpaired) electrons. The molecule has 1 aliphatic heterocycles. The average molecular weight is 269 g/mol. The van der Waals surface area contributed by atoms with E-state index in [1.807, 2.05) is 0 Å². The maximum Gasteiger partial charge on any atom is 0.322 e. The lowest BCUT2D eigenvalue weighted by Gasteiger charge is -2.23. The Hall–Kier alpha value is -1.59. The second-order valence-corrected chi connectivity index (χ2v) is 4.81. The molecule has 0 unspecified atom stereocenters. The van der Waals surface area contributed by atoms with Crippen molar-refractivity contribution >= 4 is 17.8 Å². The number of carbonyl (C=O) groups is 3. The van der Waals surface area contributed by atoms with Crippen molar-refractivity contribution < 1.29 is 14.4 Å². The first-order chi connectivity index (χ1) is 9.08. The van der Waals surface area contributed by atoms with Crippen molar-refractivity contribution in [2.45, 2.75) is 52.0 Å². The summed E-state index contributed by atoms with van der Waals surface area (Å²) < 4.78 is 0. The number of nitrogens with zero attached hydrogens (tertiary/aromatic N) is 1. The number of rotatable bonds is 8. The molecule has 0 spiro atoms. The van der Waals surface area contributed by atoms with E-state index in [-0.39, 0.29) is 12.3 Å². The second-order valence-electron chi connectivity index (χ2n) is 4.81. The fourth-order valence-corrected chi connectivity index (χ4v) is 1.97. The van der Waals surface area contributed by atoms with Gasteiger partial charge in [-0.2, -0.15) is 0 Å². The lowest BCUT2D eigenvalue weighted by molar-refractivity contribution is -0.134. The van der Waals surface area contributed by atoms with Crippen molar-refractivity contribution in [1.82, 2.24) is 15.5 Å². The molecule has 1 fully saturated rings. The highest BCUT2D eigenvalue weighted by Gasteiger charge is 2.32. The summed E-state index contributed by atoms with van der Waals surface area (Å²) in [7, 11) is 0. The highest BCUT2D eigenvalue weighted by molar-refractivity contribution is 6.05. The standard InChI is InChI=1S/C13H23N3O3/c1-3-5-7-16(8-6-4-2)11(17)9-10-12(18)15-13(19)14-10/h10H,3-9H2,1-2H3,(H2,14,15,18,19)/t10-/m0/s1. The molecule has 1 rings (SSSR count). The molecule has 0 aromatic rings. The summed E-state index contributed by atoms with van der Waals surface area (Å²) >= 11 is 0. The van der Waals surface area contributed by atoms with Crippen LogP contribution in [0.1, 0.15) is 46.0 Å². The zero-order valence-corrected chi connectivity index (χ0v) is 11.7. The molecule has 0 bridgehead atoms. The lowest BCUT2D eigenvalue weighted by atomic mass is 10.1. The van der Waals surface area contributed by atoms with E-state index < -0.39 is 18.0 Å². The van der Waals surface area contributed by atoms with Gasteiger partial charge in [-0.05, 0) is 12.8 Å². The van der Waals surface area contributed by atoms with Gasteiger partial charge in [-0.15, -0.1) is 0 Å². The molecule has 0 aromatic heterocycles. The molecule has 4 amide bonds. The molecule has 1 saturated heterocycles. The number of carbonyl (C=O) groups excluding carboxylic acids is 3. The average Bonchev–Trinajstić information content (AvgIpc) is 2.68. The number of hydrogen-bond donors (Lipinski definition) is 2. The summed E-state index contributed by atoms with van der Waals surface area (Å²) in [6.45, 7) is 5.59. The third kappa shape index (κ3) is 4.89. The molecule has 6 nitrogen and oxygen atoms in total. The summed E-state index contributed by atoms with van der Waals surface area (Å²) in [6.07, 6.45) is 4.01. The molecular formula is C13H23N3O3. The van der Waals surface area contributed by atoms with Crippen LogP contribution in [0, 0.1) is 0 Å². The molecule has 0 saturated carbocycles. The minimum absolute atomic E-state index is 0.0466. The Labute approximate surface area is 113 Å². The van der Waals surface area contributed by atoms with Crippen molar-refractivity contribution in [3.8, 4) is 0 Å². The van der Waals surface area contributed by atoms with Gasteiger partial charge < -0.3 is 10.2 Å². The minimum atomic E-state index is -0.717. The van der Waals surface area contributed by atoms with Gasteiger partial charge in [0.05, 0.1) is 6.42 Å². The van der Waals surface area contributed by atoms with Crippen LogP contribution in [-0.4, -0.2) is 41.9 Å². The number of unbranched alkanes of at least 4 members (excludes halogenated alkanes) is 2. The quantitative estimate of drug-likeness (QED) is 0.646. The highest BCUT2D eigenvalue weighted by atomic mass is 16.2. The van der Waals surface area contributed by atoms with E-state index in [1.54, 1.807) is 4.90 Å². The zero-order chi connectivity index (χ0) is 14.3. The van der Waals surface area contributed by atoms with Gasteiger partial charge in [0.2, 0.25) is 5.91 Å². The highest BCUT2D eigenvalue weighted by Crippen LogP contribution is 2.06. The lowest BCUT2D eigenvalue weighted by Crippen LogP contribution is -2.39. The Balaban J connectivity index is 2.50. The fourth-order valence-electron chi connectivity index (χ4n) is 1.97. The van der Waals surface area contributed by atoms with Crippen molar-refractivity contribution in [3.63, 3.8) is 0 Å². The molecule has 1 aliphatic rings. The van der Waals surface area contributed by atoms with Crippen LogP contribution in [0.2, 0.25) is 0 Å². The Morgan fingerprint density at radius 2 is 1.74 bits per heavy atom. The molecular weight excluding hydrogens is 246 g/mol. The first-order valence-corrected chi connectivity index (χ1v) is 6.97. The van der Waals surface area contributed by atoms with Gasteiger partial charge in [0.1, 0.15) is 6.04 Å². The number of amides is 4. The topological polar surface area (TPSA) is 78.5 Å². The summed E-state index contributed by atoms with van der Waals surface area (Å²) in [5.74, 6) is -0.478. The van der Waals surface area contributed by atoms with Crippen molar-refractivity contribution in [1.29, 1.82) is 0 Å². The van der Waals surface area contributed by atoms with Crippen molar-refractivity contribution in [2.75, 3.05) is 13.1 Å². The summed E-state index contributed by atoms with van der Waals surface area (Å²) in [6, 6.07) is -1.23. The Bertz CT molecular complexity index is 336. The summed E-state index contributed by atoms with van der Waals surface area (Å²) in [5.41, 5.74) is 0. The normalized spacial score (nSPS) is 18.1. The SMILES string of the molecule is CCCCN(CCCC)C(=O)C[C@@H]1NC(=O)NC1=O. The molecule has 0 aliphatic carbocycles. The van der Waals surface area contributed by atoms with Crippen LogP contribution in [0.25, 0.3) is 0 Å². The van der Waals surface area contributed by atoms with Crippen LogP contribution in [0.4, 0.5) is 4.79 Å². The van der Waals surface area contributed by atoms with E-state index in [9.17, 15) is 14.4 Å². The molecule has 2 N–H and O–H groups in total. The van der Waals surface area contributed by atoms with Gasteiger partial charge in [0, 0.05) is 13.1 Å². The minimum Gasteiger partial charge on any atom is -0.343 e. The van der Waals surface area contributed by atoms with Crippen LogP contribution in [0.3, 0.4) is 0 Å². The largest absolute Gasteiger partial charge is 0.343 e. The smallest absolute Gasteiger partial charge is 0.322 e. The van der Waals surface area contributed by atoms with Gasteiger partial charge in [-0.3, -0.25) is 14.9 Å². The van der Waals surface area contributed by atoms with Crippen molar-refractivity contribution in [2.24, 2.45) is 0 Å². The van der Waals surface area contributed by atoms with E-state index in [0.717, 1.165) is 38.8 Å². The maximum atomic E-state index is 12.2. The predicted molar refractivity (Wildman–Crippen MR) is 71.5 cm³/mol. The second kappa shape index (κ2) is 7.76. The van der Waals surface area contributed by atoms with Gasteiger partial charge in [-0.1, -0.05) is 26.7 Å². The molecule has 108 valence electrons. The number of imide groups is 1. The Morgan fingerprint density at radius 1 is 1.16 bits per heavy atom. The fraction of sp³-hybridized carbons (Fsp3) is 0.769. The third-order valence-corrected chi connectivity index (χ3v) is 3.15. The monoisotopic (exact) mass is 269 g/mol. The van der Waals surface area contributed by atoms with E-state index in [1.165, 1.54) is 0 Å². The van der Waals surface area contributed by atoms with E-state index >= 15 is 0 Å². The number of urea groups is 1. The van der Waals surface area contributed by atoms with Gasteiger partial charge >= 0.3 is 6.03 Å². The zero-order valence-electron chi connectivity index (χ0n) is 11.7. The van der Waals surface area contributed by atoms with Crippen LogP contribution >= 0.6 is 0 Å². The molecule has 19 heavy (non-hydrogen) atoms. The molecule has 0 aromatic carbocycles. The predicted octanol–water partition coefficient (Wildman–Crippen LogP) is 1.01. The maximum absolute atomic E-state index is 12.2. The summed E-state index contributed by atoms with van der Waals surface area (Å²) in [4.78, 5) is 36.4. The van der Waals surface area contributed by atoms with E-state index in [4.69, 9.17) is 0 Å². The number of hydrogen-bond acceptors (Lipinski definition) is 3.